The maximum Gasteiger partial charge on any atom is 0.157 e. The van der Waals surface area contributed by atoms with Crippen LogP contribution in [-0.2, 0) is 0 Å². The lowest BCUT2D eigenvalue weighted by Gasteiger charge is -2.32. The molecule has 2 N–H and O–H groups in total. The first-order valence-electron chi connectivity index (χ1n) is 10.4. The van der Waals surface area contributed by atoms with Crippen LogP contribution in [0.2, 0.25) is 0 Å². The van der Waals surface area contributed by atoms with E-state index in [0.717, 1.165) is 11.1 Å². The molecule has 2 saturated carbocycles. The Bertz CT molecular complexity index is 695. The number of hydrogen-bond donors (Lipinski definition) is 2. The Morgan fingerprint density at radius 3 is 1.17 bits per heavy atom. The van der Waals surface area contributed by atoms with Crippen molar-refractivity contribution in [1.82, 2.24) is 0 Å². The van der Waals surface area contributed by atoms with Crippen molar-refractivity contribution in [1.29, 1.82) is 0 Å². The summed E-state index contributed by atoms with van der Waals surface area (Å²) in [4.78, 5) is 0. The van der Waals surface area contributed by atoms with Crippen LogP contribution in [0, 0.1) is 0 Å². The molecule has 0 aliphatic heterocycles. The molecular weight excluding hydrogens is 396 g/mol. The van der Waals surface area contributed by atoms with Crippen molar-refractivity contribution in [2.24, 2.45) is 0 Å². The second kappa shape index (κ2) is 10.4. The van der Waals surface area contributed by atoms with Crippen LogP contribution in [0.3, 0.4) is 0 Å². The SMILES string of the molecule is O[C@@H]1CC[C@@H](c2ccccc2)[C@@H](F)[C@H]1F.O[C@H]1CC[C@H](c2ccccc2)[C@H](F)[C@@H]1F. The van der Waals surface area contributed by atoms with E-state index in [9.17, 15) is 27.8 Å². The summed E-state index contributed by atoms with van der Waals surface area (Å²) in [5, 5.41) is 18.4. The zero-order valence-corrected chi connectivity index (χ0v) is 16.6. The van der Waals surface area contributed by atoms with E-state index in [1.54, 1.807) is 0 Å². The Labute approximate surface area is 174 Å². The predicted molar refractivity (Wildman–Crippen MR) is 108 cm³/mol. The number of aliphatic hydroxyl groups excluding tert-OH is 2. The Balaban J connectivity index is 0.000000171. The fraction of sp³-hybridized carbons (Fsp3) is 0.500. The molecule has 0 spiro atoms. The highest BCUT2D eigenvalue weighted by molar-refractivity contribution is 5.23. The average Bonchev–Trinajstić information content (AvgIpc) is 2.78. The molecule has 30 heavy (non-hydrogen) atoms. The number of halogens is 4. The minimum Gasteiger partial charge on any atom is -0.390 e. The second-order valence-corrected chi connectivity index (χ2v) is 8.10. The molecule has 0 saturated heterocycles. The molecule has 0 aromatic heterocycles. The summed E-state index contributed by atoms with van der Waals surface area (Å²) >= 11 is 0. The fourth-order valence-electron chi connectivity index (χ4n) is 4.31. The number of alkyl halides is 4. The molecule has 0 bridgehead atoms. The van der Waals surface area contributed by atoms with Crippen LogP contribution >= 0.6 is 0 Å². The van der Waals surface area contributed by atoms with Crippen LogP contribution < -0.4 is 0 Å². The van der Waals surface area contributed by atoms with E-state index in [4.69, 9.17) is 0 Å². The van der Waals surface area contributed by atoms with Crippen molar-refractivity contribution in [2.45, 2.75) is 74.4 Å². The van der Waals surface area contributed by atoms with E-state index in [1.807, 2.05) is 60.7 Å². The summed E-state index contributed by atoms with van der Waals surface area (Å²) in [7, 11) is 0. The molecule has 2 nitrogen and oxygen atoms in total. The maximum absolute atomic E-state index is 13.6. The highest BCUT2D eigenvalue weighted by Gasteiger charge is 2.40. The molecule has 2 aromatic rings. The summed E-state index contributed by atoms with van der Waals surface area (Å²) in [5.41, 5.74) is 1.64. The smallest absolute Gasteiger partial charge is 0.157 e. The number of aliphatic hydroxyl groups is 2. The second-order valence-electron chi connectivity index (χ2n) is 8.10. The Morgan fingerprint density at radius 2 is 0.833 bits per heavy atom. The van der Waals surface area contributed by atoms with Crippen LogP contribution in [0.15, 0.2) is 60.7 Å². The van der Waals surface area contributed by atoms with Gasteiger partial charge in [0.1, 0.15) is 12.3 Å². The van der Waals surface area contributed by atoms with E-state index < -0.39 is 48.7 Å². The van der Waals surface area contributed by atoms with E-state index in [1.165, 1.54) is 0 Å². The molecule has 6 heteroatoms. The number of benzene rings is 2. The molecular formula is C24H28F4O2. The number of hydrogen-bond acceptors (Lipinski definition) is 2. The van der Waals surface area contributed by atoms with E-state index >= 15 is 0 Å². The van der Waals surface area contributed by atoms with Crippen LogP contribution in [0.4, 0.5) is 17.6 Å². The van der Waals surface area contributed by atoms with Crippen molar-refractivity contribution in [2.75, 3.05) is 0 Å². The van der Waals surface area contributed by atoms with Crippen LogP contribution in [0.1, 0.15) is 48.6 Å². The van der Waals surface area contributed by atoms with Crippen molar-refractivity contribution in [3.63, 3.8) is 0 Å². The molecule has 0 heterocycles. The molecule has 0 unspecified atom stereocenters. The largest absolute Gasteiger partial charge is 0.390 e. The minimum absolute atomic E-state index is 0.334. The first-order valence-corrected chi connectivity index (χ1v) is 10.4. The maximum atomic E-state index is 13.6. The van der Waals surface area contributed by atoms with Crippen molar-refractivity contribution in [3.05, 3.63) is 71.8 Å². The van der Waals surface area contributed by atoms with Crippen molar-refractivity contribution in [3.8, 4) is 0 Å². The topological polar surface area (TPSA) is 40.5 Å². The number of rotatable bonds is 2. The quantitative estimate of drug-likeness (QED) is 0.651. The molecule has 2 aromatic carbocycles. The van der Waals surface area contributed by atoms with Gasteiger partial charge in [-0.05, 0) is 36.8 Å². The predicted octanol–water partition coefficient (Wildman–Crippen LogP) is 5.20. The van der Waals surface area contributed by atoms with Crippen LogP contribution in [0.25, 0.3) is 0 Å². The van der Waals surface area contributed by atoms with Gasteiger partial charge in [0.05, 0.1) is 12.2 Å². The van der Waals surface area contributed by atoms with Gasteiger partial charge in [0.2, 0.25) is 0 Å². The zero-order valence-electron chi connectivity index (χ0n) is 16.6. The third-order valence-electron chi connectivity index (χ3n) is 6.11. The van der Waals surface area contributed by atoms with Gasteiger partial charge in [-0.15, -0.1) is 0 Å². The van der Waals surface area contributed by atoms with Crippen LogP contribution in [0.5, 0.6) is 0 Å². The van der Waals surface area contributed by atoms with Gasteiger partial charge in [-0.25, -0.2) is 17.6 Å². The third-order valence-corrected chi connectivity index (χ3v) is 6.11. The molecule has 0 amide bonds. The lowest BCUT2D eigenvalue weighted by molar-refractivity contribution is -0.0169. The molecule has 164 valence electrons. The van der Waals surface area contributed by atoms with Crippen LogP contribution in [-0.4, -0.2) is 47.1 Å². The Kier molecular flexibility index (Phi) is 7.89. The summed E-state index contributed by atoms with van der Waals surface area (Å²) in [6, 6.07) is 18.2. The van der Waals surface area contributed by atoms with Gasteiger partial charge in [-0.3, -0.25) is 0 Å². The molecule has 2 aliphatic carbocycles. The Hall–Kier alpha value is -1.92. The van der Waals surface area contributed by atoms with Crippen molar-refractivity contribution >= 4 is 0 Å². The highest BCUT2D eigenvalue weighted by atomic mass is 19.2. The van der Waals surface area contributed by atoms with Gasteiger partial charge < -0.3 is 10.2 Å². The molecule has 2 fully saturated rings. The molecule has 0 radical (unpaired) electrons. The Morgan fingerprint density at radius 1 is 0.500 bits per heavy atom. The molecule has 2 aliphatic rings. The third kappa shape index (κ3) is 5.22. The summed E-state index contributed by atoms with van der Waals surface area (Å²) in [6.07, 6.45) is -7.26. The normalized spacial score (nSPS) is 36.5. The first-order chi connectivity index (χ1) is 14.4. The average molecular weight is 424 g/mol. The summed E-state index contributed by atoms with van der Waals surface area (Å²) < 4.78 is 53.8. The summed E-state index contributed by atoms with van der Waals surface area (Å²) in [5.74, 6) is -0.825. The lowest BCUT2D eigenvalue weighted by atomic mass is 9.80. The molecule has 4 rings (SSSR count). The minimum atomic E-state index is -1.75. The van der Waals surface area contributed by atoms with E-state index in [-0.39, 0.29) is 0 Å². The van der Waals surface area contributed by atoms with E-state index in [0.29, 0.717) is 25.7 Å². The molecule has 8 atom stereocenters. The highest BCUT2D eigenvalue weighted by Crippen LogP contribution is 2.37. The monoisotopic (exact) mass is 424 g/mol. The van der Waals surface area contributed by atoms with Gasteiger partial charge in [0, 0.05) is 11.8 Å². The standard InChI is InChI=1S/2C12H14F2O/c2*13-11-9(6-7-10(15)12(11)14)8-4-2-1-3-5-8/h2*1-5,9-12,15H,6-7H2/t2*9-,10+,11+,12-/m10/s1. The van der Waals surface area contributed by atoms with Gasteiger partial charge in [-0.1, -0.05) is 60.7 Å². The summed E-state index contributed by atoms with van der Waals surface area (Å²) in [6.45, 7) is 0. The lowest BCUT2D eigenvalue weighted by Crippen LogP contribution is -2.40. The first kappa shape index (κ1) is 22.8. The van der Waals surface area contributed by atoms with Gasteiger partial charge in [0.25, 0.3) is 0 Å². The fourth-order valence-corrected chi connectivity index (χ4v) is 4.31. The van der Waals surface area contributed by atoms with Crippen molar-refractivity contribution < 1.29 is 27.8 Å². The van der Waals surface area contributed by atoms with Gasteiger partial charge in [-0.2, -0.15) is 0 Å². The van der Waals surface area contributed by atoms with E-state index in [2.05, 4.69) is 0 Å². The van der Waals surface area contributed by atoms with Gasteiger partial charge in [0.15, 0.2) is 12.3 Å². The van der Waals surface area contributed by atoms with Gasteiger partial charge >= 0.3 is 0 Å². The zero-order chi connectivity index (χ0) is 21.7.